The molecule has 1 unspecified atom stereocenters. The van der Waals surface area contributed by atoms with Gasteiger partial charge in [0, 0.05) is 0 Å². The third-order valence-electron chi connectivity index (χ3n) is 6.31. The second kappa shape index (κ2) is 11.7. The van der Waals surface area contributed by atoms with Crippen molar-refractivity contribution in [2.75, 3.05) is 25.6 Å². The molecule has 1 aliphatic rings. The quantitative estimate of drug-likeness (QED) is 0.235. The van der Waals surface area contributed by atoms with Crippen LogP contribution in [-0.2, 0) is 23.4 Å². The van der Waals surface area contributed by atoms with Crippen LogP contribution in [0.2, 0.25) is 0 Å². The summed E-state index contributed by atoms with van der Waals surface area (Å²) >= 11 is 0. The van der Waals surface area contributed by atoms with Crippen LogP contribution in [0, 0.1) is 5.92 Å². The van der Waals surface area contributed by atoms with E-state index in [0.29, 0.717) is 11.2 Å². The summed E-state index contributed by atoms with van der Waals surface area (Å²) < 4.78 is 44.2. The van der Waals surface area contributed by atoms with Crippen molar-refractivity contribution in [3.63, 3.8) is 0 Å². The Morgan fingerprint density at radius 3 is 2.77 bits per heavy atom. The fourth-order valence-electron chi connectivity index (χ4n) is 3.88. The number of nitrogen functional groups attached to an aromatic ring is 1. The zero-order valence-electron chi connectivity index (χ0n) is 19.9. The number of fused-ring (bicyclic) bond motifs is 1. The zero-order valence-corrected chi connectivity index (χ0v) is 20.9. The van der Waals surface area contributed by atoms with Crippen LogP contribution in [0.4, 0.5) is 10.2 Å². The average Bonchev–Trinajstić information content (AvgIpc) is 3.39. The summed E-state index contributed by atoms with van der Waals surface area (Å²) in [6.45, 7) is 3.86. The van der Waals surface area contributed by atoms with E-state index in [1.54, 1.807) is 12.1 Å². The van der Waals surface area contributed by atoms with Crippen molar-refractivity contribution in [2.45, 2.75) is 63.6 Å². The maximum Gasteiger partial charge on any atom is 0.323 e. The number of anilines is 1. The molecule has 3 rings (SSSR count). The topological polar surface area (TPSA) is 171 Å². The lowest BCUT2D eigenvalue weighted by Gasteiger charge is -2.28. The number of aromatic nitrogens is 3. The molecule has 1 saturated heterocycles. The van der Waals surface area contributed by atoms with E-state index in [1.807, 2.05) is 13.8 Å². The molecule has 0 amide bonds. The van der Waals surface area contributed by atoms with Gasteiger partial charge in [-0.3, -0.25) is 9.36 Å². The largest absolute Gasteiger partial charge is 0.464 e. The van der Waals surface area contributed by atoms with E-state index < -0.39 is 57.4 Å². The van der Waals surface area contributed by atoms with Crippen LogP contribution in [0.5, 0.6) is 0 Å². The lowest BCUT2D eigenvalue weighted by Crippen LogP contribution is -2.48. The molecular formula is C21H33FN5O7P. The molecule has 6 atom stereocenters. The van der Waals surface area contributed by atoms with E-state index in [0.717, 1.165) is 12.8 Å². The van der Waals surface area contributed by atoms with Crippen molar-refractivity contribution < 1.29 is 38.0 Å². The molecule has 12 nitrogen and oxygen atoms in total. The molecule has 0 spiro atoms. The first-order valence-corrected chi connectivity index (χ1v) is 12.8. The van der Waals surface area contributed by atoms with Gasteiger partial charge in [-0.2, -0.15) is 5.10 Å². The van der Waals surface area contributed by atoms with E-state index in [1.165, 1.54) is 17.8 Å². The van der Waals surface area contributed by atoms with Gasteiger partial charge in [0.25, 0.3) is 8.18 Å². The first-order valence-electron chi connectivity index (χ1n) is 11.4. The van der Waals surface area contributed by atoms with Gasteiger partial charge >= 0.3 is 5.97 Å². The highest BCUT2D eigenvalue weighted by atomic mass is 31.1. The normalized spacial score (nSPS) is 26.3. The minimum absolute atomic E-state index is 0.191. The lowest BCUT2D eigenvalue weighted by atomic mass is 9.96. The van der Waals surface area contributed by atoms with Crippen LogP contribution >= 0.6 is 8.18 Å². The number of alkyl halides is 1. The van der Waals surface area contributed by atoms with Gasteiger partial charge in [0.15, 0.2) is 5.82 Å². The molecule has 5 N–H and O–H groups in total. The molecule has 1 aliphatic heterocycles. The van der Waals surface area contributed by atoms with Crippen molar-refractivity contribution >= 4 is 25.5 Å². The maximum absolute atomic E-state index is 14.1. The Labute approximate surface area is 202 Å². The van der Waals surface area contributed by atoms with E-state index >= 15 is 0 Å². The van der Waals surface area contributed by atoms with Crippen LogP contribution < -0.4 is 10.8 Å². The number of esters is 1. The van der Waals surface area contributed by atoms with Crippen LogP contribution in [0.25, 0.3) is 5.52 Å². The van der Waals surface area contributed by atoms with E-state index in [9.17, 15) is 24.0 Å². The van der Waals surface area contributed by atoms with Crippen LogP contribution in [-0.4, -0.2) is 74.5 Å². The van der Waals surface area contributed by atoms with Gasteiger partial charge in [-0.15, -0.1) is 0 Å². The SMILES string of the molecule is CCC(CC)COC(=O)[C@H](C)N[PH](=O)OC[C@@]1(CF)O[C@@H](c2ccc3c(N)ncnn23)[C@H](O)[C@@H]1O. The molecule has 3 heterocycles. The molecule has 0 aliphatic carbocycles. The van der Waals surface area contributed by atoms with Crippen molar-refractivity contribution in [3.05, 3.63) is 24.2 Å². The smallest absolute Gasteiger partial charge is 0.323 e. The van der Waals surface area contributed by atoms with Crippen LogP contribution in [0.1, 0.15) is 45.4 Å². The molecule has 2 aromatic heterocycles. The summed E-state index contributed by atoms with van der Waals surface area (Å²) in [6.07, 6.45) is -1.45. The monoisotopic (exact) mass is 517 g/mol. The Kier molecular flexibility index (Phi) is 9.19. The number of nitrogens with zero attached hydrogens (tertiary/aromatic N) is 3. The highest BCUT2D eigenvalue weighted by Crippen LogP contribution is 2.42. The Bertz CT molecular complexity index is 1040. The molecule has 0 aromatic carbocycles. The van der Waals surface area contributed by atoms with Crippen LogP contribution in [0.3, 0.4) is 0 Å². The number of aliphatic hydroxyl groups excluding tert-OH is 2. The number of aliphatic hydroxyl groups is 2. The second-order valence-electron chi connectivity index (χ2n) is 8.63. The van der Waals surface area contributed by atoms with Gasteiger partial charge in [0.1, 0.15) is 48.5 Å². The predicted molar refractivity (Wildman–Crippen MR) is 125 cm³/mol. The number of hydrogen-bond donors (Lipinski definition) is 4. The molecule has 1 fully saturated rings. The van der Waals surface area contributed by atoms with Crippen molar-refractivity contribution in [3.8, 4) is 0 Å². The first-order chi connectivity index (χ1) is 16.7. The summed E-state index contributed by atoms with van der Waals surface area (Å²) in [5.41, 5.74) is 4.59. The summed E-state index contributed by atoms with van der Waals surface area (Å²) in [4.78, 5) is 16.0. The molecule has 0 saturated carbocycles. The minimum atomic E-state index is -3.05. The molecule has 0 radical (unpaired) electrons. The fourth-order valence-corrected chi connectivity index (χ4v) is 4.81. The predicted octanol–water partition coefficient (Wildman–Crippen LogP) is 1.18. The first kappa shape index (κ1) is 27.4. The minimum Gasteiger partial charge on any atom is -0.464 e. The summed E-state index contributed by atoms with van der Waals surface area (Å²) in [5, 5.41) is 27.8. The van der Waals surface area contributed by atoms with E-state index in [2.05, 4.69) is 15.2 Å². The van der Waals surface area contributed by atoms with Crippen molar-refractivity contribution in [1.82, 2.24) is 19.7 Å². The highest BCUT2D eigenvalue weighted by Gasteiger charge is 2.56. The molecule has 2 aromatic rings. The van der Waals surface area contributed by atoms with Gasteiger partial charge in [-0.25, -0.2) is 19.0 Å². The number of halogens is 1. The van der Waals surface area contributed by atoms with Gasteiger partial charge in [-0.05, 0) is 25.0 Å². The standard InChI is InChI=1S/C21H33FN5O7P/c1-4-13(5-2)8-32-20(30)12(3)26-35(31)33-10-21(9-22)18(29)16(28)17(34-21)14-6-7-15-19(23)24-11-25-27(14)15/h6-7,11-13,16-18,28-29,35H,4-5,8-10H2,1-3H3,(H,26,31)(H2,23,24,25)/t12-,16-,17-,18-,21+/m0/s1. The third kappa shape index (κ3) is 5.82. The summed E-state index contributed by atoms with van der Waals surface area (Å²) in [5.74, 6) is -0.158. The number of hydrogen-bond acceptors (Lipinski definition) is 10. The Morgan fingerprint density at radius 1 is 1.40 bits per heavy atom. The number of rotatable bonds is 12. The summed E-state index contributed by atoms with van der Waals surface area (Å²) in [7, 11) is -3.05. The molecule has 14 heteroatoms. The van der Waals surface area contributed by atoms with Gasteiger partial charge in [0.05, 0.1) is 18.9 Å². The Balaban J connectivity index is 1.63. The molecular weight excluding hydrogens is 484 g/mol. The molecule has 0 bridgehead atoms. The van der Waals surface area contributed by atoms with Gasteiger partial charge < -0.3 is 29.9 Å². The van der Waals surface area contributed by atoms with E-state index in [4.69, 9.17) is 19.7 Å². The number of nitrogens with one attached hydrogen (secondary N) is 1. The number of carbonyl (C=O) groups excluding carboxylic acids is 1. The Hall–Kier alpha value is -2.15. The van der Waals surface area contributed by atoms with Crippen LogP contribution in [0.15, 0.2) is 18.5 Å². The van der Waals surface area contributed by atoms with Crippen molar-refractivity contribution in [1.29, 1.82) is 0 Å². The number of nitrogens with two attached hydrogens (primary N) is 1. The third-order valence-corrected chi connectivity index (χ3v) is 7.39. The molecule has 35 heavy (non-hydrogen) atoms. The van der Waals surface area contributed by atoms with E-state index in [-0.39, 0.29) is 18.3 Å². The fraction of sp³-hybridized carbons (Fsp3) is 0.667. The lowest BCUT2D eigenvalue weighted by molar-refractivity contribution is -0.146. The second-order valence-corrected chi connectivity index (χ2v) is 9.78. The Morgan fingerprint density at radius 2 is 2.11 bits per heavy atom. The van der Waals surface area contributed by atoms with Gasteiger partial charge in [-0.1, -0.05) is 26.7 Å². The van der Waals surface area contributed by atoms with Crippen molar-refractivity contribution in [2.24, 2.45) is 5.92 Å². The highest BCUT2D eigenvalue weighted by molar-refractivity contribution is 7.36. The number of carbonyl (C=O) groups is 1. The maximum atomic E-state index is 14.1. The number of ether oxygens (including phenoxy) is 2. The van der Waals surface area contributed by atoms with Gasteiger partial charge in [0.2, 0.25) is 0 Å². The molecule has 196 valence electrons. The average molecular weight is 517 g/mol. The summed E-state index contributed by atoms with van der Waals surface area (Å²) in [6, 6.07) is 2.24. The zero-order chi connectivity index (χ0) is 25.8.